The molecule has 0 unspecified atom stereocenters. The lowest BCUT2D eigenvalue weighted by molar-refractivity contribution is 0.131. The lowest BCUT2D eigenvalue weighted by Gasteiger charge is -2.26. The van der Waals surface area contributed by atoms with Crippen LogP contribution in [-0.4, -0.2) is 83.3 Å². The Labute approximate surface area is 239 Å². The summed E-state index contributed by atoms with van der Waals surface area (Å²) < 4.78 is 21.9. The highest BCUT2D eigenvalue weighted by molar-refractivity contribution is 5.91. The Morgan fingerprint density at radius 3 is 2.73 bits per heavy atom. The largest absolute Gasteiger partial charge is 0.473 e. The number of aromatic amines is 1. The predicted molar refractivity (Wildman–Crippen MR) is 156 cm³/mol. The van der Waals surface area contributed by atoms with Gasteiger partial charge in [0.1, 0.15) is 6.10 Å². The number of H-pyrrole nitrogens is 1. The first kappa shape index (κ1) is 28.8. The Bertz CT molecular complexity index is 1530. The number of rotatable bonds is 7. The van der Waals surface area contributed by atoms with Crippen molar-refractivity contribution in [2.24, 2.45) is 7.05 Å². The summed E-state index contributed by atoms with van der Waals surface area (Å²) in [5, 5.41) is 28.2. The summed E-state index contributed by atoms with van der Waals surface area (Å²) in [7, 11) is 3.54. The minimum absolute atomic E-state index is 0.0668. The van der Waals surface area contributed by atoms with E-state index in [9.17, 15) is 5.11 Å². The molecule has 0 aliphatic carbocycles. The number of hydrogen-bond acceptors (Lipinski definition) is 9. The second-order valence-corrected chi connectivity index (χ2v) is 10.9. The molecule has 2 N–H and O–H groups in total. The van der Waals surface area contributed by atoms with Gasteiger partial charge in [0.05, 0.1) is 53.6 Å². The molecule has 5 rings (SSSR count). The van der Waals surface area contributed by atoms with Gasteiger partial charge in [0.25, 0.3) is 0 Å². The third-order valence-electron chi connectivity index (χ3n) is 6.99. The second kappa shape index (κ2) is 12.0. The Morgan fingerprint density at radius 1 is 1.22 bits per heavy atom. The van der Waals surface area contributed by atoms with E-state index in [1.807, 2.05) is 37.7 Å². The first-order valence-electron chi connectivity index (χ1n) is 14.1. The number of ether oxygens (including phenoxy) is 3. The number of aromatic nitrogens is 7. The molecule has 0 spiro atoms. The van der Waals surface area contributed by atoms with Crippen LogP contribution in [0.2, 0.25) is 0 Å². The van der Waals surface area contributed by atoms with Crippen LogP contribution in [-0.2, 0) is 31.5 Å². The molecule has 4 aromatic heterocycles. The zero-order valence-corrected chi connectivity index (χ0v) is 24.9. The highest BCUT2D eigenvalue weighted by Gasteiger charge is 2.26. The number of methoxy groups -OCH3 is 1. The third kappa shape index (κ3) is 5.99. The summed E-state index contributed by atoms with van der Waals surface area (Å²) in [4.78, 5) is 6.95. The lowest BCUT2D eigenvalue weighted by Crippen LogP contribution is -2.35. The van der Waals surface area contributed by atoms with Crippen molar-refractivity contribution in [2.75, 3.05) is 20.2 Å². The molecule has 0 amide bonds. The van der Waals surface area contributed by atoms with E-state index in [-0.39, 0.29) is 12.2 Å². The van der Waals surface area contributed by atoms with E-state index in [2.05, 4.69) is 40.0 Å². The van der Waals surface area contributed by atoms with Gasteiger partial charge in [0.15, 0.2) is 5.65 Å². The molecule has 1 aliphatic heterocycles. The maximum absolute atomic E-state index is 10.3. The summed E-state index contributed by atoms with van der Waals surface area (Å²) in [5.74, 6) is 1.19. The van der Waals surface area contributed by atoms with Crippen LogP contribution in [0, 0.1) is 0 Å². The molecule has 2 atom stereocenters. The van der Waals surface area contributed by atoms with Gasteiger partial charge in [-0.1, -0.05) is 6.92 Å². The van der Waals surface area contributed by atoms with Crippen LogP contribution >= 0.6 is 0 Å². The minimum atomic E-state index is -0.575. The van der Waals surface area contributed by atoms with Crippen molar-refractivity contribution in [2.45, 2.75) is 72.6 Å². The molecule has 0 aromatic carbocycles. The van der Waals surface area contributed by atoms with Crippen molar-refractivity contribution in [3.05, 3.63) is 34.9 Å². The van der Waals surface area contributed by atoms with Crippen molar-refractivity contribution >= 4 is 23.2 Å². The van der Waals surface area contributed by atoms with Gasteiger partial charge in [-0.05, 0) is 52.5 Å². The van der Waals surface area contributed by atoms with Crippen LogP contribution < -0.4 is 9.47 Å². The van der Waals surface area contributed by atoms with E-state index in [4.69, 9.17) is 24.4 Å². The number of nitrogens with one attached hydrogen (secondary N) is 1. The van der Waals surface area contributed by atoms with Gasteiger partial charge in [0, 0.05) is 44.4 Å². The number of fused-ring (bicyclic) bond motifs is 4. The first-order valence-corrected chi connectivity index (χ1v) is 14.1. The molecular formula is C29H40N8O4. The van der Waals surface area contributed by atoms with E-state index in [1.165, 1.54) is 0 Å². The maximum atomic E-state index is 10.3. The molecule has 5 heterocycles. The van der Waals surface area contributed by atoms with Crippen molar-refractivity contribution in [3.8, 4) is 22.9 Å². The number of aryl methyl sites for hydroxylation is 1. The fourth-order valence-corrected chi connectivity index (χ4v) is 5.21. The molecule has 2 bridgehead atoms. The first-order chi connectivity index (χ1) is 19.7. The smallest absolute Gasteiger partial charge is 0.240 e. The number of nitrogens with zero attached hydrogens (tertiary/aromatic N) is 7. The fourth-order valence-electron chi connectivity index (χ4n) is 5.21. The van der Waals surface area contributed by atoms with Crippen molar-refractivity contribution < 1.29 is 19.3 Å². The standard InChI is InChI=1S/C29H40N8O4/c1-8-36-14-19(5)41-29-26(24(16-39-7)33-35(29)6)20-11-22-23(31-32-27(22)30-12-20)10-9-21-25(15-36)37(13-18(4)38)34-28(21)40-17(2)3/h9-12,17-19,38H,8,13-16H2,1-7H3,(H,30,31,32)/b10-9+/t18-,19-/m0/s1. The van der Waals surface area contributed by atoms with Gasteiger partial charge in [-0.25, -0.2) is 9.67 Å². The second-order valence-electron chi connectivity index (χ2n) is 10.9. The van der Waals surface area contributed by atoms with E-state index in [0.29, 0.717) is 43.6 Å². The van der Waals surface area contributed by atoms with Crippen LogP contribution in [0.3, 0.4) is 0 Å². The summed E-state index contributed by atoms with van der Waals surface area (Å²) in [6.45, 7) is 12.6. The molecule has 220 valence electrons. The van der Waals surface area contributed by atoms with Crippen molar-refractivity contribution in [1.29, 1.82) is 0 Å². The van der Waals surface area contributed by atoms with Crippen molar-refractivity contribution in [3.63, 3.8) is 0 Å². The average Bonchev–Trinajstić information content (AvgIpc) is 3.54. The quantitative estimate of drug-likeness (QED) is 0.346. The van der Waals surface area contributed by atoms with Crippen molar-refractivity contribution in [1.82, 2.24) is 39.6 Å². The molecule has 0 fully saturated rings. The van der Waals surface area contributed by atoms with Gasteiger partial charge in [-0.15, -0.1) is 5.10 Å². The Morgan fingerprint density at radius 2 is 2.02 bits per heavy atom. The zero-order valence-electron chi connectivity index (χ0n) is 24.9. The Hall–Kier alpha value is -3.74. The van der Waals surface area contributed by atoms with E-state index < -0.39 is 6.10 Å². The number of likely N-dealkylation sites (N-methyl/N-ethyl adjacent to an activating group) is 1. The third-order valence-corrected chi connectivity index (χ3v) is 6.99. The fraction of sp³-hybridized carbons (Fsp3) is 0.517. The lowest BCUT2D eigenvalue weighted by atomic mass is 10.1. The van der Waals surface area contributed by atoms with Crippen LogP contribution in [0.15, 0.2) is 12.3 Å². The normalized spacial score (nSPS) is 17.6. The predicted octanol–water partition coefficient (Wildman–Crippen LogP) is 3.64. The Balaban J connectivity index is 1.72. The molecule has 0 saturated heterocycles. The zero-order chi connectivity index (χ0) is 29.3. The topological polar surface area (TPSA) is 128 Å². The van der Waals surface area contributed by atoms with Gasteiger partial charge in [0.2, 0.25) is 11.8 Å². The summed E-state index contributed by atoms with van der Waals surface area (Å²) in [5.41, 5.74) is 5.72. The van der Waals surface area contributed by atoms with E-state index in [0.717, 1.165) is 45.7 Å². The molecule has 1 aliphatic rings. The van der Waals surface area contributed by atoms with E-state index >= 15 is 0 Å². The molecular weight excluding hydrogens is 524 g/mol. The molecule has 12 nitrogen and oxygen atoms in total. The highest BCUT2D eigenvalue weighted by atomic mass is 16.5. The SMILES string of the molecule is CCN1Cc2c(c(OC(C)C)nn2C[C@H](C)O)/C=C/c2[nH]nc3ncc(cc23)-c2c(COC)nn(C)c2O[C@@H](C)C1. The Kier molecular flexibility index (Phi) is 8.43. The minimum Gasteiger partial charge on any atom is -0.473 e. The molecule has 4 aromatic rings. The molecule has 12 heteroatoms. The van der Waals surface area contributed by atoms with Gasteiger partial charge in [-0.2, -0.15) is 10.2 Å². The molecule has 0 radical (unpaired) electrons. The molecule has 0 saturated carbocycles. The van der Waals surface area contributed by atoms with Gasteiger partial charge >= 0.3 is 0 Å². The summed E-state index contributed by atoms with van der Waals surface area (Å²) >= 11 is 0. The number of pyridine rings is 1. The van der Waals surface area contributed by atoms with Gasteiger partial charge < -0.3 is 19.3 Å². The number of aliphatic hydroxyl groups is 1. The number of aliphatic hydroxyl groups excluding tert-OH is 1. The highest BCUT2D eigenvalue weighted by Crippen LogP contribution is 2.36. The monoisotopic (exact) mass is 564 g/mol. The number of hydrogen-bond donors (Lipinski definition) is 2. The molecule has 41 heavy (non-hydrogen) atoms. The van der Waals surface area contributed by atoms with Crippen LogP contribution in [0.4, 0.5) is 0 Å². The average molecular weight is 565 g/mol. The maximum Gasteiger partial charge on any atom is 0.240 e. The van der Waals surface area contributed by atoms with E-state index in [1.54, 1.807) is 24.9 Å². The summed E-state index contributed by atoms with van der Waals surface area (Å²) in [6, 6.07) is 2.06. The van der Waals surface area contributed by atoms with Crippen LogP contribution in [0.1, 0.15) is 57.3 Å². The summed E-state index contributed by atoms with van der Waals surface area (Å²) in [6.07, 6.45) is 4.99. The van der Waals surface area contributed by atoms with Gasteiger partial charge in [-0.3, -0.25) is 14.7 Å². The van der Waals surface area contributed by atoms with Crippen LogP contribution in [0.25, 0.3) is 34.3 Å². The van der Waals surface area contributed by atoms with Crippen LogP contribution in [0.5, 0.6) is 11.8 Å².